The Balaban J connectivity index is 2.22. The summed E-state index contributed by atoms with van der Waals surface area (Å²) in [5.41, 5.74) is 1.92. The molecule has 2 aromatic carbocycles. The molecule has 8 heteroatoms. The molecule has 0 aliphatic carbocycles. The van der Waals surface area contributed by atoms with Crippen LogP contribution in [0.3, 0.4) is 0 Å². The zero-order chi connectivity index (χ0) is 19.5. The van der Waals surface area contributed by atoms with Crippen molar-refractivity contribution in [3.63, 3.8) is 0 Å². The van der Waals surface area contributed by atoms with Gasteiger partial charge in [-0.05, 0) is 0 Å². The van der Waals surface area contributed by atoms with Crippen LogP contribution in [-0.2, 0) is 0 Å². The number of aromatic nitrogens is 2. The summed E-state index contributed by atoms with van der Waals surface area (Å²) in [6.07, 6.45) is 0. The first-order valence-corrected chi connectivity index (χ1v) is 15.9. The van der Waals surface area contributed by atoms with Gasteiger partial charge in [0.15, 0.2) is 0 Å². The van der Waals surface area contributed by atoms with E-state index in [1.807, 2.05) is 37.2 Å². The van der Waals surface area contributed by atoms with Gasteiger partial charge in [-0.25, -0.2) is 0 Å². The average Bonchev–Trinajstić information content (AvgIpc) is 3.23. The Bertz CT molecular complexity index is 1170. The van der Waals surface area contributed by atoms with Crippen molar-refractivity contribution in [1.29, 1.82) is 0 Å². The van der Waals surface area contributed by atoms with Crippen molar-refractivity contribution in [2.45, 2.75) is 0 Å². The SMILES string of the molecule is CN(C)c1cc2cc(ON)c3c4[nH]c([I-](C)(C)C)cc4cc(ON)c3c2[nH]1. The van der Waals surface area contributed by atoms with Gasteiger partial charge in [-0.15, -0.1) is 0 Å². The number of benzene rings is 2. The molecule has 146 valence electrons. The molecule has 0 atom stereocenters. The molecule has 0 spiro atoms. The van der Waals surface area contributed by atoms with Crippen molar-refractivity contribution in [3.8, 4) is 11.5 Å². The summed E-state index contributed by atoms with van der Waals surface area (Å²) in [4.78, 5) is 26.7. The van der Waals surface area contributed by atoms with Crippen LogP contribution in [0.5, 0.6) is 11.5 Å². The van der Waals surface area contributed by atoms with Crippen LogP contribution in [0.2, 0.25) is 0 Å². The van der Waals surface area contributed by atoms with Crippen LogP contribution in [0.1, 0.15) is 0 Å². The molecule has 0 aliphatic rings. The van der Waals surface area contributed by atoms with E-state index in [0.717, 1.165) is 38.4 Å². The van der Waals surface area contributed by atoms with E-state index >= 15 is 0 Å². The standard InChI is InChI=1S/C19H25IN5O2/c1-20(2,3)14-8-10-6-12(26-21)17-16(18(10)23-14)13(27-22)7-11-9-15(25(4)5)24-19(11)17/h6-9,23-24H,21-22H2,1-5H3/q-1. The van der Waals surface area contributed by atoms with E-state index in [-0.39, 0.29) is 0 Å². The van der Waals surface area contributed by atoms with Crippen LogP contribution in [-0.4, -0.2) is 38.9 Å². The van der Waals surface area contributed by atoms with Gasteiger partial charge in [0.1, 0.15) is 0 Å². The summed E-state index contributed by atoms with van der Waals surface area (Å²) in [5, 5.41) is 3.73. The third-order valence-electron chi connectivity index (χ3n) is 4.81. The maximum absolute atomic E-state index is 5.65. The number of rotatable bonds is 4. The van der Waals surface area contributed by atoms with Crippen LogP contribution >= 0.6 is 0 Å². The number of nitrogens with zero attached hydrogens (tertiary/aromatic N) is 1. The number of nitrogens with one attached hydrogen (secondary N) is 2. The molecule has 4 rings (SSSR count). The second-order valence-electron chi connectivity index (χ2n) is 7.53. The summed E-state index contributed by atoms with van der Waals surface area (Å²) in [6, 6.07) is 8.16. The average molecular weight is 482 g/mol. The first kappa shape index (κ1) is 18.2. The van der Waals surface area contributed by atoms with Crippen molar-refractivity contribution < 1.29 is 28.1 Å². The monoisotopic (exact) mass is 482 g/mol. The van der Waals surface area contributed by atoms with Gasteiger partial charge < -0.3 is 0 Å². The van der Waals surface area contributed by atoms with Gasteiger partial charge in [0, 0.05) is 0 Å². The number of alkyl halides is 3. The van der Waals surface area contributed by atoms with Crippen LogP contribution in [0, 0.1) is 3.70 Å². The Hall–Kier alpha value is -2.17. The van der Waals surface area contributed by atoms with Crippen LogP contribution in [0.15, 0.2) is 24.3 Å². The number of halogens is 1. The van der Waals surface area contributed by atoms with E-state index in [4.69, 9.17) is 21.5 Å². The minimum absolute atomic E-state index is 0.583. The molecule has 6 N–H and O–H groups in total. The molecule has 2 aromatic heterocycles. The summed E-state index contributed by atoms with van der Waals surface area (Å²) in [5.74, 6) is 13.4. The molecule has 4 aromatic rings. The molecule has 0 unspecified atom stereocenters. The molecular formula is C19H25IN5O2-. The minimum atomic E-state index is -1.98. The van der Waals surface area contributed by atoms with E-state index in [9.17, 15) is 0 Å². The predicted octanol–water partition coefficient (Wildman–Crippen LogP) is -0.407. The summed E-state index contributed by atoms with van der Waals surface area (Å²) < 4.78 is 1.29. The normalized spacial score (nSPS) is 12.9. The van der Waals surface area contributed by atoms with Gasteiger partial charge in [0.2, 0.25) is 0 Å². The van der Waals surface area contributed by atoms with E-state index in [1.165, 1.54) is 3.70 Å². The molecule has 7 nitrogen and oxygen atoms in total. The van der Waals surface area contributed by atoms with E-state index in [0.29, 0.717) is 11.5 Å². The van der Waals surface area contributed by atoms with Crippen molar-refractivity contribution in [1.82, 2.24) is 9.97 Å². The summed E-state index contributed by atoms with van der Waals surface area (Å²) in [7, 11) is 3.97. The Labute approximate surface area is 161 Å². The third-order valence-corrected chi connectivity index (χ3v) is 8.88. The van der Waals surface area contributed by atoms with Gasteiger partial charge >= 0.3 is 162 Å². The van der Waals surface area contributed by atoms with Crippen molar-refractivity contribution in [2.75, 3.05) is 33.8 Å². The van der Waals surface area contributed by atoms with E-state index < -0.39 is 18.4 Å². The summed E-state index contributed by atoms with van der Waals surface area (Å²) in [6.45, 7) is 0. The van der Waals surface area contributed by atoms with Gasteiger partial charge in [0.25, 0.3) is 0 Å². The van der Waals surface area contributed by atoms with Gasteiger partial charge in [-0.2, -0.15) is 0 Å². The number of anilines is 1. The maximum atomic E-state index is 5.65. The first-order chi connectivity index (χ1) is 12.7. The number of H-pyrrole nitrogens is 2. The Kier molecular flexibility index (Phi) is 4.17. The molecule has 0 bridgehead atoms. The van der Waals surface area contributed by atoms with Gasteiger partial charge in [-0.3, -0.25) is 0 Å². The molecule has 0 amide bonds. The fraction of sp³-hybridized carbons (Fsp3) is 0.263. The summed E-state index contributed by atoms with van der Waals surface area (Å²) >= 11 is -1.98. The molecular weight excluding hydrogens is 457 g/mol. The number of aromatic amines is 2. The second-order valence-corrected chi connectivity index (χ2v) is 18.4. The first-order valence-electron chi connectivity index (χ1n) is 8.38. The third kappa shape index (κ3) is 2.79. The zero-order valence-corrected chi connectivity index (χ0v) is 18.3. The molecule has 0 saturated carbocycles. The molecule has 0 radical (unpaired) electrons. The van der Waals surface area contributed by atoms with Crippen molar-refractivity contribution in [3.05, 3.63) is 28.0 Å². The molecule has 0 aliphatic heterocycles. The Morgan fingerprint density at radius 3 is 1.81 bits per heavy atom. The zero-order valence-electron chi connectivity index (χ0n) is 16.1. The number of hydrogen-bond donors (Lipinski definition) is 4. The fourth-order valence-corrected chi connectivity index (χ4v) is 5.78. The predicted molar refractivity (Wildman–Crippen MR) is 108 cm³/mol. The van der Waals surface area contributed by atoms with Crippen LogP contribution in [0.25, 0.3) is 32.6 Å². The van der Waals surface area contributed by atoms with Crippen molar-refractivity contribution >= 4 is 38.4 Å². The second kappa shape index (κ2) is 6.18. The molecule has 0 fully saturated rings. The Morgan fingerprint density at radius 1 is 0.815 bits per heavy atom. The number of nitrogens with two attached hydrogens (primary N) is 2. The number of fused-ring (bicyclic) bond motifs is 5. The molecule has 2 heterocycles. The van der Waals surface area contributed by atoms with E-state index in [2.05, 4.69) is 30.8 Å². The van der Waals surface area contributed by atoms with E-state index in [1.54, 1.807) is 0 Å². The molecule has 0 saturated heterocycles. The van der Waals surface area contributed by atoms with Gasteiger partial charge in [-0.1, -0.05) is 0 Å². The Morgan fingerprint density at radius 2 is 1.33 bits per heavy atom. The van der Waals surface area contributed by atoms with Gasteiger partial charge in [0.05, 0.1) is 0 Å². The topological polar surface area (TPSA) is 105 Å². The van der Waals surface area contributed by atoms with Crippen LogP contribution in [0.4, 0.5) is 5.82 Å². The fourth-order valence-electron chi connectivity index (χ4n) is 3.44. The molecule has 27 heavy (non-hydrogen) atoms. The van der Waals surface area contributed by atoms with Crippen molar-refractivity contribution in [2.24, 2.45) is 11.8 Å². The van der Waals surface area contributed by atoms with Crippen LogP contribution < -0.4 is 44.8 Å². The quantitative estimate of drug-likeness (QED) is 0.180. The number of hydrogen-bond acceptors (Lipinski definition) is 5.